The first-order valence-electron chi connectivity index (χ1n) is 9.83. The lowest BCUT2D eigenvalue weighted by Gasteiger charge is -2.10. The third-order valence-corrected chi connectivity index (χ3v) is 4.55. The molecule has 0 radical (unpaired) electrons. The maximum absolute atomic E-state index is 12.1. The highest BCUT2D eigenvalue weighted by Gasteiger charge is 2.12. The number of halogens is 1. The number of furan rings is 1. The molecule has 9 nitrogen and oxygen atoms in total. The van der Waals surface area contributed by atoms with Gasteiger partial charge in [-0.05, 0) is 66.6 Å². The number of nitrogens with zero attached hydrogens (tertiary/aromatic N) is 1. The van der Waals surface area contributed by atoms with Crippen LogP contribution in [0.4, 0.5) is 5.69 Å². The van der Waals surface area contributed by atoms with E-state index in [-0.39, 0.29) is 19.1 Å². The number of hydrogen-bond donors (Lipinski definition) is 3. The largest absolute Gasteiger partial charge is 0.484 e. The van der Waals surface area contributed by atoms with Gasteiger partial charge in [-0.2, -0.15) is 5.10 Å². The van der Waals surface area contributed by atoms with E-state index < -0.39 is 11.8 Å². The van der Waals surface area contributed by atoms with Gasteiger partial charge in [0.25, 0.3) is 5.91 Å². The molecule has 0 unspecified atom stereocenters. The topological polar surface area (TPSA) is 122 Å². The lowest BCUT2D eigenvalue weighted by atomic mass is 10.2. The van der Waals surface area contributed by atoms with Crippen LogP contribution in [0.1, 0.15) is 16.9 Å². The van der Waals surface area contributed by atoms with E-state index in [1.165, 1.54) is 12.5 Å². The molecule has 0 saturated heterocycles. The normalized spacial score (nSPS) is 10.6. The Labute approximate surface area is 194 Å². The number of amides is 3. The molecule has 0 aliphatic heterocycles. The Balaban J connectivity index is 1.41. The van der Waals surface area contributed by atoms with E-state index in [0.29, 0.717) is 27.8 Å². The first kappa shape index (κ1) is 23.6. The number of hydrazone groups is 1. The molecule has 170 valence electrons. The summed E-state index contributed by atoms with van der Waals surface area (Å²) in [5.41, 5.74) is 4.30. The van der Waals surface area contributed by atoms with Crippen LogP contribution in [0.5, 0.6) is 5.75 Å². The van der Waals surface area contributed by atoms with Crippen LogP contribution in [-0.2, 0) is 20.9 Å². The summed E-state index contributed by atoms with van der Waals surface area (Å²) in [5, 5.41) is 9.44. The van der Waals surface area contributed by atoms with Crippen LogP contribution < -0.4 is 20.8 Å². The van der Waals surface area contributed by atoms with E-state index in [2.05, 4.69) is 21.2 Å². The summed E-state index contributed by atoms with van der Waals surface area (Å²) < 4.78 is 10.5. The molecule has 3 rings (SSSR count). The molecule has 0 aliphatic carbocycles. The molecule has 1 aromatic heterocycles. The molecule has 0 bridgehead atoms. The predicted octanol–water partition coefficient (Wildman–Crippen LogP) is 3.03. The summed E-state index contributed by atoms with van der Waals surface area (Å²) >= 11 is 5.95. The fraction of sp³-hybridized carbons (Fsp3) is 0.130. The van der Waals surface area contributed by atoms with E-state index in [0.717, 1.165) is 5.56 Å². The molecule has 0 aliphatic rings. The Morgan fingerprint density at radius 3 is 2.61 bits per heavy atom. The zero-order valence-corrected chi connectivity index (χ0v) is 18.4. The molecular formula is C23H21ClN4O5. The standard InChI is InChI=1S/C23H21ClN4O5/c1-15-4-7-17(24)11-20(15)27-21(29)14-33-18-8-5-16(6-9-18)12-26-28-23(31)22(30)25-13-19-3-2-10-32-19/h2-12H,13-14H2,1H3,(H,25,30)(H,27,29)(H,28,31)/b26-12-. The van der Waals surface area contributed by atoms with Gasteiger partial charge in [0.05, 0.1) is 19.0 Å². The fourth-order valence-electron chi connectivity index (χ4n) is 2.59. The highest BCUT2D eigenvalue weighted by atomic mass is 35.5. The highest BCUT2D eigenvalue weighted by Crippen LogP contribution is 2.20. The maximum Gasteiger partial charge on any atom is 0.329 e. The molecule has 0 saturated carbocycles. The van der Waals surface area contributed by atoms with Gasteiger partial charge in [-0.3, -0.25) is 14.4 Å². The minimum absolute atomic E-state index is 0.0984. The zero-order chi connectivity index (χ0) is 23.6. The predicted molar refractivity (Wildman–Crippen MR) is 123 cm³/mol. The van der Waals surface area contributed by atoms with Crippen molar-refractivity contribution in [1.82, 2.24) is 10.7 Å². The van der Waals surface area contributed by atoms with Crippen molar-refractivity contribution in [1.29, 1.82) is 0 Å². The van der Waals surface area contributed by atoms with Gasteiger partial charge in [-0.15, -0.1) is 0 Å². The Morgan fingerprint density at radius 2 is 1.88 bits per heavy atom. The second-order valence-corrected chi connectivity index (χ2v) is 7.26. The Hall–Kier alpha value is -4.11. The molecule has 1 heterocycles. The smallest absolute Gasteiger partial charge is 0.329 e. The molecule has 0 spiro atoms. The van der Waals surface area contributed by atoms with Crippen molar-refractivity contribution in [3.63, 3.8) is 0 Å². The van der Waals surface area contributed by atoms with E-state index >= 15 is 0 Å². The van der Waals surface area contributed by atoms with E-state index in [1.54, 1.807) is 48.5 Å². The summed E-state index contributed by atoms with van der Waals surface area (Å²) in [7, 11) is 0. The number of carbonyl (C=O) groups excluding carboxylic acids is 3. The SMILES string of the molecule is Cc1ccc(Cl)cc1NC(=O)COc1ccc(/C=N\NC(=O)C(=O)NCc2ccco2)cc1. The van der Waals surface area contributed by atoms with E-state index in [4.69, 9.17) is 20.8 Å². The number of carbonyl (C=O) groups is 3. The van der Waals surface area contributed by atoms with Crippen molar-refractivity contribution in [2.24, 2.45) is 5.10 Å². The fourth-order valence-corrected chi connectivity index (χ4v) is 2.76. The lowest BCUT2D eigenvalue weighted by molar-refractivity contribution is -0.139. The Morgan fingerprint density at radius 1 is 1.09 bits per heavy atom. The van der Waals surface area contributed by atoms with Crippen molar-refractivity contribution >= 4 is 41.2 Å². The van der Waals surface area contributed by atoms with Crippen molar-refractivity contribution in [2.45, 2.75) is 13.5 Å². The van der Waals surface area contributed by atoms with Crippen molar-refractivity contribution in [3.8, 4) is 5.75 Å². The zero-order valence-electron chi connectivity index (χ0n) is 17.6. The maximum atomic E-state index is 12.1. The number of ether oxygens (including phenoxy) is 1. The molecule has 33 heavy (non-hydrogen) atoms. The molecule has 2 aromatic carbocycles. The van der Waals surface area contributed by atoms with Crippen LogP contribution in [0.3, 0.4) is 0 Å². The second kappa shape index (κ2) is 11.5. The highest BCUT2D eigenvalue weighted by molar-refractivity contribution is 6.35. The van der Waals surface area contributed by atoms with Gasteiger partial charge in [0, 0.05) is 10.7 Å². The number of anilines is 1. The third kappa shape index (κ3) is 7.51. The molecule has 3 N–H and O–H groups in total. The molecule has 3 aromatic rings. The monoisotopic (exact) mass is 468 g/mol. The van der Waals surface area contributed by atoms with Gasteiger partial charge in [0.15, 0.2) is 6.61 Å². The number of benzene rings is 2. The van der Waals surface area contributed by atoms with Gasteiger partial charge < -0.3 is 19.8 Å². The van der Waals surface area contributed by atoms with Crippen LogP contribution in [-0.4, -0.2) is 30.5 Å². The van der Waals surface area contributed by atoms with Crippen LogP contribution in [0.25, 0.3) is 0 Å². The molecule has 0 atom stereocenters. The number of nitrogens with one attached hydrogen (secondary N) is 3. The minimum Gasteiger partial charge on any atom is -0.484 e. The van der Waals surface area contributed by atoms with Crippen molar-refractivity contribution in [2.75, 3.05) is 11.9 Å². The summed E-state index contributed by atoms with van der Waals surface area (Å²) in [6, 6.07) is 15.3. The average Bonchev–Trinajstić information content (AvgIpc) is 3.33. The van der Waals surface area contributed by atoms with Gasteiger partial charge >= 0.3 is 11.8 Å². The summed E-state index contributed by atoms with van der Waals surface area (Å²) in [6.07, 6.45) is 2.84. The quantitative estimate of drug-likeness (QED) is 0.266. The van der Waals surface area contributed by atoms with Gasteiger partial charge in [-0.1, -0.05) is 17.7 Å². The third-order valence-electron chi connectivity index (χ3n) is 4.31. The summed E-state index contributed by atoms with van der Waals surface area (Å²) in [5.74, 6) is -1.05. The van der Waals surface area contributed by atoms with E-state index in [1.807, 2.05) is 13.0 Å². The number of rotatable bonds is 8. The Bertz CT molecular complexity index is 1140. The van der Waals surface area contributed by atoms with Crippen LogP contribution in [0, 0.1) is 6.92 Å². The average molecular weight is 469 g/mol. The minimum atomic E-state index is -0.904. The van der Waals surface area contributed by atoms with Crippen LogP contribution in [0.15, 0.2) is 70.4 Å². The molecule has 10 heteroatoms. The molecular weight excluding hydrogens is 448 g/mol. The van der Waals surface area contributed by atoms with Crippen LogP contribution >= 0.6 is 11.6 Å². The van der Waals surface area contributed by atoms with E-state index in [9.17, 15) is 14.4 Å². The van der Waals surface area contributed by atoms with Crippen LogP contribution in [0.2, 0.25) is 5.02 Å². The summed E-state index contributed by atoms with van der Waals surface area (Å²) in [6.45, 7) is 1.78. The van der Waals surface area contributed by atoms with Crippen molar-refractivity contribution < 1.29 is 23.5 Å². The summed E-state index contributed by atoms with van der Waals surface area (Å²) in [4.78, 5) is 35.6. The Kier molecular flexibility index (Phi) is 8.20. The first-order chi connectivity index (χ1) is 15.9. The molecule has 0 fully saturated rings. The lowest BCUT2D eigenvalue weighted by Crippen LogP contribution is -2.37. The first-order valence-corrected chi connectivity index (χ1v) is 10.2. The second-order valence-electron chi connectivity index (χ2n) is 6.83. The van der Waals surface area contributed by atoms with Gasteiger partial charge in [0.2, 0.25) is 0 Å². The number of hydrogen-bond acceptors (Lipinski definition) is 6. The van der Waals surface area contributed by atoms with Crippen molar-refractivity contribution in [3.05, 3.63) is 82.8 Å². The van der Waals surface area contributed by atoms with Gasteiger partial charge in [-0.25, -0.2) is 5.43 Å². The molecule has 3 amide bonds. The number of aryl methyl sites for hydroxylation is 1. The van der Waals surface area contributed by atoms with Gasteiger partial charge in [0.1, 0.15) is 11.5 Å².